The Morgan fingerprint density at radius 2 is 2.10 bits per heavy atom. The number of anilines is 2. The number of aromatic nitrogens is 3. The highest BCUT2D eigenvalue weighted by Crippen LogP contribution is 2.43. The molecule has 2 fully saturated rings. The van der Waals surface area contributed by atoms with Crippen molar-refractivity contribution in [3.63, 3.8) is 0 Å². The first-order chi connectivity index (χ1) is 18.8. The molecule has 2 aromatic carbocycles. The van der Waals surface area contributed by atoms with Crippen molar-refractivity contribution in [2.24, 2.45) is 0 Å². The molecule has 6 rings (SSSR count). The lowest BCUT2D eigenvalue weighted by Gasteiger charge is -2.48. The van der Waals surface area contributed by atoms with Crippen LogP contribution in [0, 0.1) is 11.6 Å². The molecule has 1 amide bonds. The molecule has 0 saturated carbocycles. The van der Waals surface area contributed by atoms with Crippen molar-refractivity contribution in [1.29, 1.82) is 0 Å². The molecule has 1 spiro atoms. The van der Waals surface area contributed by atoms with Gasteiger partial charge in [-0.15, -0.1) is 0 Å². The van der Waals surface area contributed by atoms with Crippen LogP contribution in [0.15, 0.2) is 30.9 Å². The number of ether oxygens (including phenoxy) is 2. The average molecular weight is 573 g/mol. The van der Waals surface area contributed by atoms with E-state index in [-0.39, 0.29) is 43.4 Å². The number of nitrogen functional groups attached to an aromatic ring is 1. The molecule has 1 unspecified atom stereocenters. The minimum absolute atomic E-state index is 0.0155. The van der Waals surface area contributed by atoms with E-state index in [1.165, 1.54) is 25.3 Å². The van der Waals surface area contributed by atoms with Crippen LogP contribution in [0.4, 0.5) is 19.7 Å². The van der Waals surface area contributed by atoms with Gasteiger partial charge in [-0.05, 0) is 30.7 Å². The second-order valence-corrected chi connectivity index (χ2v) is 10.9. The van der Waals surface area contributed by atoms with Crippen molar-refractivity contribution in [2.45, 2.75) is 12.0 Å². The molecule has 9 nitrogen and oxygen atoms in total. The molecule has 2 aromatic heterocycles. The number of hydrogen-bond acceptors (Lipinski definition) is 9. The van der Waals surface area contributed by atoms with Crippen LogP contribution < -0.4 is 15.4 Å². The van der Waals surface area contributed by atoms with Crippen LogP contribution >= 0.6 is 22.9 Å². The summed E-state index contributed by atoms with van der Waals surface area (Å²) in [5.41, 5.74) is 5.76. The molecular weight excluding hydrogens is 550 g/mol. The third kappa shape index (κ3) is 4.05. The van der Waals surface area contributed by atoms with Gasteiger partial charge in [-0.1, -0.05) is 29.5 Å². The molecular formula is C26H23ClF2N6O3S. The maximum atomic E-state index is 16.3. The van der Waals surface area contributed by atoms with Crippen molar-refractivity contribution in [2.75, 3.05) is 50.6 Å². The van der Waals surface area contributed by atoms with E-state index in [0.717, 1.165) is 11.3 Å². The fourth-order valence-electron chi connectivity index (χ4n) is 5.48. The summed E-state index contributed by atoms with van der Waals surface area (Å²) in [6.45, 7) is 5.74. The average Bonchev–Trinajstić information content (AvgIpc) is 3.56. The van der Waals surface area contributed by atoms with E-state index in [0.29, 0.717) is 56.0 Å². The van der Waals surface area contributed by atoms with E-state index in [9.17, 15) is 9.18 Å². The zero-order valence-electron chi connectivity index (χ0n) is 20.8. The Morgan fingerprint density at radius 3 is 2.82 bits per heavy atom. The van der Waals surface area contributed by atoms with Crippen molar-refractivity contribution < 1.29 is 23.0 Å². The molecule has 13 heteroatoms. The Balaban J connectivity index is 1.52. The Labute approximate surface area is 230 Å². The van der Waals surface area contributed by atoms with Gasteiger partial charge < -0.3 is 25.0 Å². The molecule has 39 heavy (non-hydrogen) atoms. The van der Waals surface area contributed by atoms with Crippen LogP contribution in [0.2, 0.25) is 5.02 Å². The molecule has 2 N–H and O–H groups in total. The minimum atomic E-state index is -0.724. The monoisotopic (exact) mass is 572 g/mol. The summed E-state index contributed by atoms with van der Waals surface area (Å²) in [6.07, 6.45) is 1.94. The van der Waals surface area contributed by atoms with Crippen LogP contribution in [0.5, 0.6) is 6.01 Å². The summed E-state index contributed by atoms with van der Waals surface area (Å²) in [5, 5.41) is 0.600. The molecule has 4 heterocycles. The zero-order valence-corrected chi connectivity index (χ0v) is 22.4. The number of nitrogens with two attached hydrogens (primary N) is 1. The molecule has 2 aliphatic rings. The fraction of sp³-hybridized carbons (Fsp3) is 0.308. The topological polar surface area (TPSA) is 107 Å². The summed E-state index contributed by atoms with van der Waals surface area (Å²) in [5.74, 6) is -0.982. The number of hydrogen-bond donors (Lipinski definition) is 1. The number of carbonyl (C=O) groups excluding carboxylic acids is 1. The van der Waals surface area contributed by atoms with Gasteiger partial charge in [0.2, 0.25) is 5.91 Å². The number of carbonyl (C=O) groups is 1. The van der Waals surface area contributed by atoms with E-state index in [1.807, 2.05) is 4.90 Å². The lowest BCUT2D eigenvalue weighted by molar-refractivity contribution is -0.133. The van der Waals surface area contributed by atoms with E-state index in [2.05, 4.69) is 21.5 Å². The maximum Gasteiger partial charge on any atom is 0.318 e. The summed E-state index contributed by atoms with van der Waals surface area (Å²) < 4.78 is 42.0. The Kier molecular flexibility index (Phi) is 6.28. The zero-order chi connectivity index (χ0) is 27.5. The summed E-state index contributed by atoms with van der Waals surface area (Å²) in [7, 11) is 1.40. The first-order valence-electron chi connectivity index (χ1n) is 12.1. The second-order valence-electron chi connectivity index (χ2n) is 9.44. The van der Waals surface area contributed by atoms with Crippen LogP contribution in [0.3, 0.4) is 0 Å². The van der Waals surface area contributed by atoms with Gasteiger partial charge in [0.05, 0.1) is 34.5 Å². The lowest BCUT2D eigenvalue weighted by Crippen LogP contribution is -2.64. The van der Waals surface area contributed by atoms with Gasteiger partial charge in [0.1, 0.15) is 17.2 Å². The normalized spacial score (nSPS) is 19.4. The first-order valence-corrected chi connectivity index (χ1v) is 13.3. The highest BCUT2D eigenvalue weighted by Gasteiger charge is 2.47. The predicted molar refractivity (Wildman–Crippen MR) is 146 cm³/mol. The van der Waals surface area contributed by atoms with E-state index < -0.39 is 17.2 Å². The number of piperazine rings is 1. The van der Waals surface area contributed by atoms with E-state index in [4.69, 9.17) is 26.8 Å². The molecule has 0 bridgehead atoms. The van der Waals surface area contributed by atoms with Gasteiger partial charge in [0, 0.05) is 42.8 Å². The molecule has 1 atom stereocenters. The third-order valence-corrected chi connectivity index (χ3v) is 8.47. The van der Waals surface area contributed by atoms with Gasteiger partial charge in [0.15, 0.2) is 10.9 Å². The molecule has 202 valence electrons. The molecule has 4 aromatic rings. The molecule has 2 saturated heterocycles. The van der Waals surface area contributed by atoms with E-state index in [1.54, 1.807) is 11.0 Å². The number of amides is 1. The molecule has 0 aliphatic carbocycles. The smallest absolute Gasteiger partial charge is 0.318 e. The molecule has 2 aliphatic heterocycles. The van der Waals surface area contributed by atoms with Gasteiger partial charge in [-0.25, -0.2) is 13.8 Å². The van der Waals surface area contributed by atoms with Crippen LogP contribution in [0.1, 0.15) is 6.42 Å². The van der Waals surface area contributed by atoms with Crippen molar-refractivity contribution in [3.05, 3.63) is 47.5 Å². The van der Waals surface area contributed by atoms with Crippen LogP contribution in [0.25, 0.3) is 32.2 Å². The highest BCUT2D eigenvalue weighted by molar-refractivity contribution is 7.22. The van der Waals surface area contributed by atoms with Gasteiger partial charge in [-0.3, -0.25) is 4.79 Å². The minimum Gasteiger partial charge on any atom is -0.467 e. The number of halogens is 3. The maximum absolute atomic E-state index is 16.3. The quantitative estimate of drug-likeness (QED) is 0.358. The predicted octanol–water partition coefficient (Wildman–Crippen LogP) is 4.42. The Bertz CT molecular complexity index is 1660. The fourth-order valence-corrected chi connectivity index (χ4v) is 6.54. The van der Waals surface area contributed by atoms with Crippen molar-refractivity contribution in [3.8, 4) is 17.1 Å². The van der Waals surface area contributed by atoms with Crippen LogP contribution in [-0.4, -0.2) is 71.3 Å². The summed E-state index contributed by atoms with van der Waals surface area (Å²) in [6, 6.07) is 4.21. The summed E-state index contributed by atoms with van der Waals surface area (Å²) >= 11 is 7.67. The third-order valence-electron chi connectivity index (χ3n) is 7.28. The summed E-state index contributed by atoms with van der Waals surface area (Å²) in [4.78, 5) is 29.5. The SMILES string of the molecule is C=CC(=O)N1CCN(c2nc(OC)nc3c(F)c(-c4ccc(F)c5sc(N)nc45)c(Cl)cc23)CC12CCOC2. The number of thiazole rings is 1. The number of nitrogens with zero attached hydrogens (tertiary/aromatic N) is 5. The standard InChI is InChI=1S/C26H23ClF2N6O3S/c1-3-17(36)35-8-7-34(11-26(35)6-9-38-12-26)23-14-10-15(27)18(19(29)20(14)32-25(33-23)37-2)13-4-5-16(28)22-21(13)31-24(30)39-22/h3-5,10H,1,6-9,11-12H2,2H3,(H2,30,31). The number of rotatable bonds is 4. The van der Waals surface area contributed by atoms with Crippen molar-refractivity contribution in [1.82, 2.24) is 19.9 Å². The van der Waals surface area contributed by atoms with Gasteiger partial charge in [0.25, 0.3) is 0 Å². The van der Waals surface area contributed by atoms with Crippen molar-refractivity contribution >= 4 is 60.9 Å². The first kappa shape index (κ1) is 25.7. The number of fused-ring (bicyclic) bond motifs is 2. The van der Waals surface area contributed by atoms with Gasteiger partial charge >= 0.3 is 6.01 Å². The van der Waals surface area contributed by atoms with E-state index >= 15 is 4.39 Å². The Morgan fingerprint density at radius 1 is 1.28 bits per heavy atom. The number of benzene rings is 2. The van der Waals surface area contributed by atoms with Gasteiger partial charge in [-0.2, -0.15) is 9.97 Å². The van der Waals surface area contributed by atoms with Crippen LogP contribution in [-0.2, 0) is 9.53 Å². The largest absolute Gasteiger partial charge is 0.467 e. The highest BCUT2D eigenvalue weighted by atomic mass is 35.5. The number of methoxy groups -OCH3 is 1. The lowest BCUT2D eigenvalue weighted by atomic mass is 9.92. The second kappa shape index (κ2) is 9.54. The Hall–Kier alpha value is -3.61. The molecule has 0 radical (unpaired) electrons.